The fraction of sp³-hybridized carbons (Fsp3) is 0.857. The summed E-state index contributed by atoms with van der Waals surface area (Å²) in [5.41, 5.74) is 1.74. The molecule has 1 rings (SSSR count). The first-order valence-electron chi connectivity index (χ1n) is 6.50. The highest BCUT2D eigenvalue weighted by Gasteiger charge is 2.07. The molecule has 0 N–H and O–H groups in total. The summed E-state index contributed by atoms with van der Waals surface area (Å²) in [5.74, 6) is 0.916. The van der Waals surface area contributed by atoms with Crippen molar-refractivity contribution in [2.45, 2.75) is 72.6 Å². The topological polar surface area (TPSA) is 0 Å². The second-order valence-electron chi connectivity index (χ2n) is 4.21. The Labute approximate surface area is 90.8 Å². The molecule has 0 spiro atoms. The van der Waals surface area contributed by atoms with Gasteiger partial charge in [-0.25, -0.2) is 0 Å². The Kier molecular flexibility index (Phi) is 9.13. The highest BCUT2D eigenvalue weighted by molar-refractivity contribution is 5.05. The van der Waals surface area contributed by atoms with Crippen molar-refractivity contribution >= 4 is 0 Å². The molecule has 0 saturated carbocycles. The molecule has 0 radical (unpaired) electrons. The van der Waals surface area contributed by atoms with E-state index in [1.54, 1.807) is 5.57 Å². The zero-order valence-electron chi connectivity index (χ0n) is 10.6. The van der Waals surface area contributed by atoms with Crippen LogP contribution in [0.5, 0.6) is 0 Å². The molecule has 14 heavy (non-hydrogen) atoms. The Hall–Kier alpha value is -0.260. The quantitative estimate of drug-likeness (QED) is 0.532. The summed E-state index contributed by atoms with van der Waals surface area (Å²) in [6.07, 6.45) is 12.2. The molecule has 0 amide bonds. The number of hydrogen-bond donors (Lipinski definition) is 0. The van der Waals surface area contributed by atoms with Crippen LogP contribution in [0.4, 0.5) is 0 Å². The summed E-state index contributed by atoms with van der Waals surface area (Å²) in [5, 5.41) is 0. The third-order valence-corrected chi connectivity index (χ3v) is 2.78. The molecule has 0 saturated heterocycles. The van der Waals surface area contributed by atoms with Crippen LogP contribution in [0.2, 0.25) is 0 Å². The Bertz CT molecular complexity index is 144. The van der Waals surface area contributed by atoms with E-state index in [0.29, 0.717) is 0 Å². The van der Waals surface area contributed by atoms with Crippen molar-refractivity contribution < 1.29 is 0 Å². The lowest BCUT2D eigenvalue weighted by molar-refractivity contribution is 0.502. The minimum absolute atomic E-state index is 0.916. The van der Waals surface area contributed by atoms with E-state index in [2.05, 4.69) is 19.9 Å². The normalized spacial score (nSPS) is 17.9. The molecule has 0 heteroatoms. The van der Waals surface area contributed by atoms with Gasteiger partial charge in [-0.1, -0.05) is 52.2 Å². The van der Waals surface area contributed by atoms with Gasteiger partial charge in [-0.15, -0.1) is 0 Å². The Balaban J connectivity index is 0.000000791. The summed E-state index contributed by atoms with van der Waals surface area (Å²) in [4.78, 5) is 0. The lowest BCUT2D eigenvalue weighted by Crippen LogP contribution is -1.99. The van der Waals surface area contributed by atoms with E-state index in [-0.39, 0.29) is 0 Å². The molecule has 1 aliphatic rings. The minimum atomic E-state index is 0.916. The van der Waals surface area contributed by atoms with Crippen molar-refractivity contribution in [1.29, 1.82) is 0 Å². The molecule has 0 aromatic heterocycles. The van der Waals surface area contributed by atoms with E-state index < -0.39 is 0 Å². The van der Waals surface area contributed by atoms with Gasteiger partial charge < -0.3 is 0 Å². The largest absolute Gasteiger partial charge is 0.0853 e. The van der Waals surface area contributed by atoms with Crippen molar-refractivity contribution in [2.75, 3.05) is 0 Å². The summed E-state index contributed by atoms with van der Waals surface area (Å²) in [6, 6.07) is 0. The second kappa shape index (κ2) is 9.30. The van der Waals surface area contributed by atoms with Gasteiger partial charge in [0.1, 0.15) is 0 Å². The van der Waals surface area contributed by atoms with E-state index in [0.717, 1.165) is 5.92 Å². The van der Waals surface area contributed by atoms with E-state index >= 15 is 0 Å². The van der Waals surface area contributed by atoms with Crippen LogP contribution in [0.1, 0.15) is 72.6 Å². The van der Waals surface area contributed by atoms with Gasteiger partial charge >= 0.3 is 0 Å². The van der Waals surface area contributed by atoms with Crippen molar-refractivity contribution in [1.82, 2.24) is 0 Å². The van der Waals surface area contributed by atoms with Crippen LogP contribution in [-0.2, 0) is 0 Å². The van der Waals surface area contributed by atoms with Crippen LogP contribution < -0.4 is 0 Å². The molecule has 1 unspecified atom stereocenters. The fourth-order valence-electron chi connectivity index (χ4n) is 2.13. The molecular weight excluding hydrogens is 168 g/mol. The Morgan fingerprint density at radius 3 is 2.50 bits per heavy atom. The van der Waals surface area contributed by atoms with Crippen LogP contribution in [-0.4, -0.2) is 0 Å². The monoisotopic (exact) mass is 196 g/mol. The van der Waals surface area contributed by atoms with E-state index in [4.69, 9.17) is 0 Å². The SMILES string of the molecule is CC.CCCC(C)CC1=CCCCC1. The Morgan fingerprint density at radius 2 is 2.00 bits per heavy atom. The highest BCUT2D eigenvalue weighted by atomic mass is 14.1. The average molecular weight is 196 g/mol. The molecule has 0 fully saturated rings. The minimum Gasteiger partial charge on any atom is -0.0853 e. The molecule has 1 aliphatic carbocycles. The number of allylic oxidation sites excluding steroid dienone is 2. The van der Waals surface area contributed by atoms with Crippen molar-refractivity contribution in [3.8, 4) is 0 Å². The number of hydrogen-bond acceptors (Lipinski definition) is 0. The lowest BCUT2D eigenvalue weighted by atomic mass is 9.90. The molecule has 84 valence electrons. The van der Waals surface area contributed by atoms with Gasteiger partial charge in [0, 0.05) is 0 Å². The average Bonchev–Trinajstić information content (AvgIpc) is 2.22. The molecule has 0 bridgehead atoms. The molecule has 0 aromatic rings. The van der Waals surface area contributed by atoms with Crippen molar-refractivity contribution in [2.24, 2.45) is 5.92 Å². The summed E-state index contributed by atoms with van der Waals surface area (Å²) in [7, 11) is 0. The molecule has 0 aliphatic heterocycles. The van der Waals surface area contributed by atoms with Gasteiger partial charge in [-0.05, 0) is 38.0 Å². The summed E-state index contributed by atoms with van der Waals surface area (Å²) >= 11 is 0. The first-order valence-corrected chi connectivity index (χ1v) is 6.50. The van der Waals surface area contributed by atoms with E-state index in [1.165, 1.54) is 44.9 Å². The number of rotatable bonds is 4. The zero-order chi connectivity index (χ0) is 10.8. The first-order chi connectivity index (χ1) is 6.83. The third-order valence-electron chi connectivity index (χ3n) is 2.78. The maximum atomic E-state index is 2.48. The van der Waals surface area contributed by atoms with Crippen LogP contribution in [0.3, 0.4) is 0 Å². The third kappa shape index (κ3) is 6.23. The van der Waals surface area contributed by atoms with Crippen molar-refractivity contribution in [3.05, 3.63) is 11.6 Å². The smallest absolute Gasteiger partial charge is 0.0294 e. The molecule has 0 heterocycles. The lowest BCUT2D eigenvalue weighted by Gasteiger charge is -2.16. The van der Waals surface area contributed by atoms with E-state index in [9.17, 15) is 0 Å². The summed E-state index contributed by atoms with van der Waals surface area (Å²) in [6.45, 7) is 8.67. The zero-order valence-corrected chi connectivity index (χ0v) is 10.6. The van der Waals surface area contributed by atoms with Gasteiger partial charge in [0.2, 0.25) is 0 Å². The predicted octanol–water partition coefficient (Wildman–Crippen LogP) is 5.34. The van der Waals surface area contributed by atoms with Gasteiger partial charge in [0.05, 0.1) is 0 Å². The summed E-state index contributed by atoms with van der Waals surface area (Å²) < 4.78 is 0. The van der Waals surface area contributed by atoms with Gasteiger partial charge in [0.25, 0.3) is 0 Å². The first kappa shape index (κ1) is 13.7. The van der Waals surface area contributed by atoms with E-state index in [1.807, 2.05) is 13.8 Å². The molecule has 0 nitrogen and oxygen atoms in total. The standard InChI is InChI=1S/C12H22.C2H6/c1-3-7-11(2)10-12-8-5-4-6-9-12;1-2/h8,11H,3-7,9-10H2,1-2H3;1-2H3. The van der Waals surface area contributed by atoms with Crippen LogP contribution in [0.25, 0.3) is 0 Å². The second-order valence-corrected chi connectivity index (χ2v) is 4.21. The molecule has 0 aromatic carbocycles. The van der Waals surface area contributed by atoms with Crippen molar-refractivity contribution in [3.63, 3.8) is 0 Å². The Morgan fingerprint density at radius 1 is 1.29 bits per heavy atom. The van der Waals surface area contributed by atoms with Gasteiger partial charge in [-0.3, -0.25) is 0 Å². The van der Waals surface area contributed by atoms with Gasteiger partial charge in [0.15, 0.2) is 0 Å². The predicted molar refractivity (Wildman–Crippen MR) is 66.6 cm³/mol. The molecule has 1 atom stereocenters. The maximum Gasteiger partial charge on any atom is -0.0294 e. The van der Waals surface area contributed by atoms with Gasteiger partial charge in [-0.2, -0.15) is 0 Å². The maximum absolute atomic E-state index is 2.48. The molecular formula is C14H28. The van der Waals surface area contributed by atoms with Crippen LogP contribution in [0, 0.1) is 5.92 Å². The highest BCUT2D eigenvalue weighted by Crippen LogP contribution is 2.25. The fourth-order valence-corrected chi connectivity index (χ4v) is 2.13. The van der Waals surface area contributed by atoms with Crippen LogP contribution in [0.15, 0.2) is 11.6 Å². The van der Waals surface area contributed by atoms with Crippen LogP contribution >= 0.6 is 0 Å².